The predicted molar refractivity (Wildman–Crippen MR) is 59.8 cm³/mol. The molecule has 0 aromatic carbocycles. The van der Waals surface area contributed by atoms with Crippen molar-refractivity contribution in [3.63, 3.8) is 0 Å². The molecule has 0 aromatic rings. The van der Waals surface area contributed by atoms with Crippen LogP contribution in [0.2, 0.25) is 0 Å². The Morgan fingerprint density at radius 1 is 1.33 bits per heavy atom. The van der Waals surface area contributed by atoms with Crippen molar-refractivity contribution in [2.45, 2.75) is 51.5 Å². The molecule has 4 nitrogen and oxygen atoms in total. The van der Waals surface area contributed by atoms with Gasteiger partial charge < -0.3 is 15.6 Å². The molecule has 4 heteroatoms. The first-order chi connectivity index (χ1) is 7.00. The fourth-order valence-corrected chi connectivity index (χ4v) is 1.20. The lowest BCUT2D eigenvalue weighted by atomic mass is 9.98. The van der Waals surface area contributed by atoms with Gasteiger partial charge in [-0.25, -0.2) is 0 Å². The molecule has 0 saturated carbocycles. The summed E-state index contributed by atoms with van der Waals surface area (Å²) in [5, 5.41) is 8.75. The van der Waals surface area contributed by atoms with E-state index in [0.29, 0.717) is 19.4 Å². The van der Waals surface area contributed by atoms with Crippen LogP contribution in [0.5, 0.6) is 0 Å². The van der Waals surface area contributed by atoms with Crippen LogP contribution in [0.15, 0.2) is 0 Å². The third-order valence-electron chi connectivity index (χ3n) is 2.37. The first-order valence-electron chi connectivity index (χ1n) is 5.60. The number of carboxylic acid groups (broad SMARTS) is 1. The van der Waals surface area contributed by atoms with Gasteiger partial charge in [-0.15, -0.1) is 0 Å². The number of carbonyl (C=O) groups is 1. The van der Waals surface area contributed by atoms with Crippen LogP contribution < -0.4 is 5.73 Å². The van der Waals surface area contributed by atoms with Gasteiger partial charge in [0.1, 0.15) is 5.54 Å². The molecule has 1 atom stereocenters. The molecule has 0 aliphatic heterocycles. The Balaban J connectivity index is 3.35. The highest BCUT2D eigenvalue weighted by molar-refractivity contribution is 5.77. The maximum atomic E-state index is 10.7. The zero-order valence-corrected chi connectivity index (χ0v) is 9.79. The minimum Gasteiger partial charge on any atom is -0.480 e. The second-order valence-electron chi connectivity index (χ2n) is 4.15. The topological polar surface area (TPSA) is 72.5 Å². The second kappa shape index (κ2) is 7.65. The van der Waals surface area contributed by atoms with Gasteiger partial charge in [-0.2, -0.15) is 0 Å². The van der Waals surface area contributed by atoms with Crippen LogP contribution in [0.1, 0.15) is 46.0 Å². The maximum Gasteiger partial charge on any atom is 0.323 e. The first kappa shape index (κ1) is 14.4. The fraction of sp³-hybridized carbons (Fsp3) is 0.909. The summed E-state index contributed by atoms with van der Waals surface area (Å²) in [4.78, 5) is 10.7. The summed E-state index contributed by atoms with van der Waals surface area (Å²) in [5.74, 6) is -0.950. The highest BCUT2D eigenvalue weighted by Gasteiger charge is 2.26. The van der Waals surface area contributed by atoms with Gasteiger partial charge in [0, 0.05) is 13.2 Å². The van der Waals surface area contributed by atoms with Crippen molar-refractivity contribution in [2.75, 3.05) is 13.2 Å². The second-order valence-corrected chi connectivity index (χ2v) is 4.15. The van der Waals surface area contributed by atoms with Gasteiger partial charge in [-0.3, -0.25) is 4.79 Å². The molecular formula is C11H23NO3. The lowest BCUT2D eigenvalue weighted by Crippen LogP contribution is -2.44. The molecule has 0 heterocycles. The van der Waals surface area contributed by atoms with E-state index in [1.165, 1.54) is 19.8 Å². The number of ether oxygens (including phenoxy) is 1. The molecule has 0 aliphatic rings. The third-order valence-corrected chi connectivity index (χ3v) is 2.37. The van der Waals surface area contributed by atoms with Gasteiger partial charge in [0.15, 0.2) is 0 Å². The number of hydrogen-bond acceptors (Lipinski definition) is 3. The summed E-state index contributed by atoms with van der Waals surface area (Å²) in [7, 11) is 0. The maximum absolute atomic E-state index is 10.7. The van der Waals surface area contributed by atoms with E-state index >= 15 is 0 Å². The van der Waals surface area contributed by atoms with Gasteiger partial charge in [0.25, 0.3) is 0 Å². The Morgan fingerprint density at radius 3 is 2.47 bits per heavy atom. The normalized spacial score (nSPS) is 14.9. The molecule has 0 amide bonds. The molecule has 0 radical (unpaired) electrons. The molecule has 90 valence electrons. The average Bonchev–Trinajstić information content (AvgIpc) is 2.16. The van der Waals surface area contributed by atoms with Crippen molar-refractivity contribution in [3.05, 3.63) is 0 Å². The molecule has 0 aliphatic carbocycles. The van der Waals surface area contributed by atoms with Crippen LogP contribution in [0.25, 0.3) is 0 Å². The summed E-state index contributed by atoms with van der Waals surface area (Å²) in [6.45, 7) is 5.05. The quantitative estimate of drug-likeness (QED) is 0.577. The minimum absolute atomic E-state index is 0.454. The van der Waals surface area contributed by atoms with Gasteiger partial charge in [-0.1, -0.05) is 19.8 Å². The highest BCUT2D eigenvalue weighted by atomic mass is 16.5. The monoisotopic (exact) mass is 217 g/mol. The zero-order chi connectivity index (χ0) is 11.7. The minimum atomic E-state index is -1.12. The van der Waals surface area contributed by atoms with E-state index in [0.717, 1.165) is 13.0 Å². The Kier molecular flexibility index (Phi) is 7.34. The lowest BCUT2D eigenvalue weighted by Gasteiger charge is -2.18. The van der Waals surface area contributed by atoms with E-state index in [9.17, 15) is 4.79 Å². The summed E-state index contributed by atoms with van der Waals surface area (Å²) < 4.78 is 5.36. The Hall–Kier alpha value is -0.610. The largest absolute Gasteiger partial charge is 0.480 e. The Morgan fingerprint density at radius 2 is 1.93 bits per heavy atom. The number of hydrogen-bond donors (Lipinski definition) is 2. The number of rotatable bonds is 9. The Bertz CT molecular complexity index is 181. The van der Waals surface area contributed by atoms with Crippen molar-refractivity contribution in [1.29, 1.82) is 0 Å². The van der Waals surface area contributed by atoms with E-state index < -0.39 is 11.5 Å². The summed E-state index contributed by atoms with van der Waals surface area (Å²) in [6, 6.07) is 0. The van der Waals surface area contributed by atoms with Crippen molar-refractivity contribution in [3.8, 4) is 0 Å². The molecular weight excluding hydrogens is 194 g/mol. The van der Waals surface area contributed by atoms with Crippen molar-refractivity contribution in [1.82, 2.24) is 0 Å². The number of carboxylic acids is 1. The first-order valence-corrected chi connectivity index (χ1v) is 5.60. The van der Waals surface area contributed by atoms with Gasteiger partial charge in [0.2, 0.25) is 0 Å². The fourth-order valence-electron chi connectivity index (χ4n) is 1.20. The molecule has 0 rings (SSSR count). The summed E-state index contributed by atoms with van der Waals surface area (Å²) in [6.07, 6.45) is 4.60. The van der Waals surface area contributed by atoms with Gasteiger partial charge in [0.05, 0.1) is 0 Å². The number of aliphatic carboxylic acids is 1. The molecule has 0 bridgehead atoms. The Labute approximate surface area is 91.8 Å². The molecule has 0 aromatic heterocycles. The molecule has 1 unspecified atom stereocenters. The molecule has 15 heavy (non-hydrogen) atoms. The van der Waals surface area contributed by atoms with Gasteiger partial charge >= 0.3 is 5.97 Å². The molecule has 3 N–H and O–H groups in total. The smallest absolute Gasteiger partial charge is 0.323 e. The van der Waals surface area contributed by atoms with Crippen molar-refractivity contribution >= 4 is 5.97 Å². The van der Waals surface area contributed by atoms with E-state index in [1.807, 2.05) is 0 Å². The van der Waals surface area contributed by atoms with E-state index in [2.05, 4.69) is 6.92 Å². The summed E-state index contributed by atoms with van der Waals surface area (Å²) in [5.41, 5.74) is 4.45. The van der Waals surface area contributed by atoms with Crippen molar-refractivity contribution < 1.29 is 14.6 Å². The highest BCUT2D eigenvalue weighted by Crippen LogP contribution is 2.09. The van der Waals surface area contributed by atoms with Crippen LogP contribution in [-0.2, 0) is 9.53 Å². The predicted octanol–water partition coefficient (Wildman–Crippen LogP) is 1.78. The standard InChI is InChI=1S/C11H23NO3/c1-3-4-5-8-15-9-6-7-11(2,12)10(13)14/h3-9,12H2,1-2H3,(H,13,14). The van der Waals surface area contributed by atoms with Crippen LogP contribution in [0.3, 0.4) is 0 Å². The lowest BCUT2D eigenvalue weighted by molar-refractivity contribution is -0.143. The van der Waals surface area contributed by atoms with Crippen LogP contribution in [0.4, 0.5) is 0 Å². The number of nitrogens with two attached hydrogens (primary N) is 1. The summed E-state index contributed by atoms with van der Waals surface area (Å²) >= 11 is 0. The molecule has 0 saturated heterocycles. The van der Waals surface area contributed by atoms with E-state index in [-0.39, 0.29) is 0 Å². The van der Waals surface area contributed by atoms with Crippen LogP contribution >= 0.6 is 0 Å². The molecule has 0 spiro atoms. The van der Waals surface area contributed by atoms with E-state index in [1.54, 1.807) is 0 Å². The molecule has 0 fully saturated rings. The third kappa shape index (κ3) is 7.33. The van der Waals surface area contributed by atoms with E-state index in [4.69, 9.17) is 15.6 Å². The van der Waals surface area contributed by atoms with Crippen molar-refractivity contribution in [2.24, 2.45) is 5.73 Å². The van der Waals surface area contributed by atoms with Crippen LogP contribution in [0, 0.1) is 0 Å². The zero-order valence-electron chi connectivity index (χ0n) is 9.79. The van der Waals surface area contributed by atoms with Crippen LogP contribution in [-0.4, -0.2) is 29.8 Å². The number of unbranched alkanes of at least 4 members (excludes halogenated alkanes) is 2. The SMILES string of the molecule is CCCCCOCCCC(C)(N)C(=O)O. The average molecular weight is 217 g/mol. The van der Waals surface area contributed by atoms with Gasteiger partial charge in [-0.05, 0) is 26.2 Å².